The van der Waals surface area contributed by atoms with Gasteiger partial charge in [0.25, 0.3) is 0 Å². The van der Waals surface area contributed by atoms with Gasteiger partial charge in [0.1, 0.15) is 0 Å². The SMILES string of the molecule is Cc1ccc(CNCCc2c[nH]c3ccccc23)cc1Br. The van der Waals surface area contributed by atoms with Crippen LogP contribution in [-0.4, -0.2) is 11.5 Å². The van der Waals surface area contributed by atoms with Crippen LogP contribution in [0.4, 0.5) is 0 Å². The summed E-state index contributed by atoms with van der Waals surface area (Å²) in [5, 5.41) is 4.85. The minimum Gasteiger partial charge on any atom is -0.361 e. The topological polar surface area (TPSA) is 27.8 Å². The maximum atomic E-state index is 3.58. The van der Waals surface area contributed by atoms with E-state index >= 15 is 0 Å². The molecule has 2 N–H and O–H groups in total. The lowest BCUT2D eigenvalue weighted by Crippen LogP contribution is -2.16. The molecule has 0 aliphatic heterocycles. The highest BCUT2D eigenvalue weighted by atomic mass is 79.9. The zero-order chi connectivity index (χ0) is 14.7. The fourth-order valence-electron chi connectivity index (χ4n) is 2.54. The Morgan fingerprint density at radius 2 is 2.00 bits per heavy atom. The number of nitrogens with one attached hydrogen (secondary N) is 2. The predicted molar refractivity (Wildman–Crippen MR) is 92.6 cm³/mol. The highest BCUT2D eigenvalue weighted by Crippen LogP contribution is 2.18. The number of aryl methyl sites for hydroxylation is 1. The molecule has 0 aliphatic rings. The van der Waals surface area contributed by atoms with Crippen LogP contribution in [0.25, 0.3) is 10.9 Å². The second-order valence-corrected chi connectivity index (χ2v) is 6.22. The van der Waals surface area contributed by atoms with Crippen LogP contribution in [-0.2, 0) is 13.0 Å². The largest absolute Gasteiger partial charge is 0.361 e. The number of hydrogen-bond acceptors (Lipinski definition) is 1. The second-order valence-electron chi connectivity index (χ2n) is 5.37. The molecule has 2 nitrogen and oxygen atoms in total. The first-order chi connectivity index (χ1) is 10.2. The molecule has 0 aliphatic carbocycles. The van der Waals surface area contributed by atoms with Crippen molar-refractivity contribution in [3.63, 3.8) is 0 Å². The number of rotatable bonds is 5. The molecule has 0 amide bonds. The van der Waals surface area contributed by atoms with Crippen molar-refractivity contribution in [2.45, 2.75) is 19.9 Å². The summed E-state index contributed by atoms with van der Waals surface area (Å²) >= 11 is 3.58. The molecule has 3 aromatic rings. The molecule has 3 rings (SSSR count). The van der Waals surface area contributed by atoms with E-state index in [1.165, 1.54) is 32.1 Å². The molecule has 1 heterocycles. The van der Waals surface area contributed by atoms with Crippen LogP contribution in [0.2, 0.25) is 0 Å². The van der Waals surface area contributed by atoms with Crippen LogP contribution in [0.5, 0.6) is 0 Å². The van der Waals surface area contributed by atoms with E-state index in [4.69, 9.17) is 0 Å². The van der Waals surface area contributed by atoms with E-state index in [0.29, 0.717) is 0 Å². The van der Waals surface area contributed by atoms with Gasteiger partial charge in [0.2, 0.25) is 0 Å². The summed E-state index contributed by atoms with van der Waals surface area (Å²) in [7, 11) is 0. The molecular weight excluding hydrogens is 324 g/mol. The first kappa shape index (κ1) is 14.4. The Kier molecular flexibility index (Phi) is 4.42. The Hall–Kier alpha value is -1.58. The fraction of sp³-hybridized carbons (Fsp3) is 0.222. The number of H-pyrrole nitrogens is 1. The molecule has 108 valence electrons. The van der Waals surface area contributed by atoms with Gasteiger partial charge in [-0.1, -0.05) is 46.3 Å². The smallest absolute Gasteiger partial charge is 0.0456 e. The number of halogens is 1. The second kappa shape index (κ2) is 6.46. The van der Waals surface area contributed by atoms with Crippen LogP contribution in [0.1, 0.15) is 16.7 Å². The highest BCUT2D eigenvalue weighted by molar-refractivity contribution is 9.10. The van der Waals surface area contributed by atoms with Gasteiger partial charge in [0, 0.05) is 28.1 Å². The minimum atomic E-state index is 0.904. The molecular formula is C18H19BrN2. The van der Waals surface area contributed by atoms with Gasteiger partial charge in [-0.05, 0) is 48.7 Å². The predicted octanol–water partition coefficient (Wildman–Crippen LogP) is 4.57. The van der Waals surface area contributed by atoms with Gasteiger partial charge in [-0.2, -0.15) is 0 Å². The quantitative estimate of drug-likeness (QED) is 0.653. The van der Waals surface area contributed by atoms with Gasteiger partial charge in [-0.3, -0.25) is 0 Å². The van der Waals surface area contributed by atoms with E-state index in [-0.39, 0.29) is 0 Å². The fourth-order valence-corrected chi connectivity index (χ4v) is 2.97. The normalized spacial score (nSPS) is 11.1. The van der Waals surface area contributed by atoms with E-state index < -0.39 is 0 Å². The average Bonchev–Trinajstić information content (AvgIpc) is 2.91. The van der Waals surface area contributed by atoms with E-state index in [1.807, 2.05) is 0 Å². The Labute approximate surface area is 133 Å². The number of para-hydroxylation sites is 1. The monoisotopic (exact) mass is 342 g/mol. The Balaban J connectivity index is 1.55. The van der Waals surface area contributed by atoms with Crippen molar-refractivity contribution in [1.82, 2.24) is 10.3 Å². The van der Waals surface area contributed by atoms with Crippen molar-refractivity contribution < 1.29 is 0 Å². The maximum absolute atomic E-state index is 3.58. The number of aromatic amines is 1. The lowest BCUT2D eigenvalue weighted by molar-refractivity contribution is 0.688. The zero-order valence-corrected chi connectivity index (χ0v) is 13.7. The van der Waals surface area contributed by atoms with Crippen LogP contribution in [0.15, 0.2) is 53.1 Å². The van der Waals surface area contributed by atoms with Crippen LogP contribution < -0.4 is 5.32 Å². The van der Waals surface area contributed by atoms with E-state index in [0.717, 1.165) is 19.5 Å². The van der Waals surface area contributed by atoms with Crippen molar-refractivity contribution in [2.75, 3.05) is 6.54 Å². The zero-order valence-electron chi connectivity index (χ0n) is 12.1. The third-order valence-electron chi connectivity index (χ3n) is 3.81. The molecule has 0 atom stereocenters. The molecule has 0 spiro atoms. The summed E-state index contributed by atoms with van der Waals surface area (Å²) in [5.74, 6) is 0. The van der Waals surface area contributed by atoms with Crippen molar-refractivity contribution in [2.24, 2.45) is 0 Å². The molecule has 0 fully saturated rings. The van der Waals surface area contributed by atoms with Gasteiger partial charge in [-0.25, -0.2) is 0 Å². The van der Waals surface area contributed by atoms with E-state index in [2.05, 4.69) is 81.8 Å². The Morgan fingerprint density at radius 3 is 2.86 bits per heavy atom. The van der Waals surface area contributed by atoms with Gasteiger partial charge < -0.3 is 10.3 Å². The standard InChI is InChI=1S/C18H19BrN2/c1-13-6-7-14(10-17(13)19)11-20-9-8-15-12-21-18-5-3-2-4-16(15)18/h2-7,10,12,20-21H,8-9,11H2,1H3. The average molecular weight is 343 g/mol. The van der Waals surface area contributed by atoms with Crippen LogP contribution in [0.3, 0.4) is 0 Å². The highest BCUT2D eigenvalue weighted by Gasteiger charge is 2.02. The van der Waals surface area contributed by atoms with Crippen LogP contribution >= 0.6 is 15.9 Å². The number of fused-ring (bicyclic) bond motifs is 1. The Bertz CT molecular complexity index is 746. The third-order valence-corrected chi connectivity index (χ3v) is 4.67. The first-order valence-corrected chi connectivity index (χ1v) is 8.04. The lowest BCUT2D eigenvalue weighted by Gasteiger charge is -2.06. The van der Waals surface area contributed by atoms with E-state index in [1.54, 1.807) is 0 Å². The Morgan fingerprint density at radius 1 is 1.14 bits per heavy atom. The molecule has 2 aromatic carbocycles. The summed E-state index contributed by atoms with van der Waals surface area (Å²) in [6.45, 7) is 3.99. The van der Waals surface area contributed by atoms with Gasteiger partial charge in [0.15, 0.2) is 0 Å². The summed E-state index contributed by atoms with van der Waals surface area (Å²) < 4.78 is 1.18. The van der Waals surface area contributed by atoms with Crippen LogP contribution in [0, 0.1) is 6.92 Å². The molecule has 0 bridgehead atoms. The van der Waals surface area contributed by atoms with Crippen molar-refractivity contribution in [3.05, 3.63) is 69.8 Å². The number of aromatic nitrogens is 1. The summed E-state index contributed by atoms with van der Waals surface area (Å²) in [4.78, 5) is 3.33. The summed E-state index contributed by atoms with van der Waals surface area (Å²) in [6.07, 6.45) is 3.16. The van der Waals surface area contributed by atoms with Crippen molar-refractivity contribution in [3.8, 4) is 0 Å². The summed E-state index contributed by atoms with van der Waals surface area (Å²) in [6, 6.07) is 15.0. The maximum Gasteiger partial charge on any atom is 0.0456 e. The molecule has 0 saturated carbocycles. The third kappa shape index (κ3) is 3.36. The van der Waals surface area contributed by atoms with Crippen molar-refractivity contribution >= 4 is 26.8 Å². The molecule has 0 radical (unpaired) electrons. The molecule has 0 unspecified atom stereocenters. The van der Waals surface area contributed by atoms with Gasteiger partial charge in [0.05, 0.1) is 0 Å². The van der Waals surface area contributed by atoms with E-state index in [9.17, 15) is 0 Å². The molecule has 0 saturated heterocycles. The minimum absolute atomic E-state index is 0.904. The van der Waals surface area contributed by atoms with Gasteiger partial charge >= 0.3 is 0 Å². The number of benzene rings is 2. The number of hydrogen-bond donors (Lipinski definition) is 2. The van der Waals surface area contributed by atoms with Crippen molar-refractivity contribution in [1.29, 1.82) is 0 Å². The molecule has 21 heavy (non-hydrogen) atoms. The molecule has 1 aromatic heterocycles. The van der Waals surface area contributed by atoms with Gasteiger partial charge in [-0.15, -0.1) is 0 Å². The first-order valence-electron chi connectivity index (χ1n) is 7.25. The summed E-state index contributed by atoms with van der Waals surface area (Å²) in [5.41, 5.74) is 5.18. The molecule has 3 heteroatoms. The lowest BCUT2D eigenvalue weighted by atomic mass is 10.1.